The van der Waals surface area contributed by atoms with E-state index in [4.69, 9.17) is 21.1 Å². The van der Waals surface area contributed by atoms with Gasteiger partial charge in [-0.1, -0.05) is 44.5 Å². The van der Waals surface area contributed by atoms with E-state index in [2.05, 4.69) is 19.2 Å². The minimum atomic E-state index is -0.193. The van der Waals surface area contributed by atoms with E-state index >= 15 is 0 Å². The van der Waals surface area contributed by atoms with Gasteiger partial charge in [-0.05, 0) is 41.3 Å². The molecule has 0 aliphatic carbocycles. The van der Waals surface area contributed by atoms with Crippen molar-refractivity contribution in [2.24, 2.45) is 11.8 Å². The Morgan fingerprint density at radius 3 is 2.69 bits per heavy atom. The number of aromatic hydroxyl groups is 1. The summed E-state index contributed by atoms with van der Waals surface area (Å²) in [4.78, 5) is 15.2. The zero-order valence-corrected chi connectivity index (χ0v) is 19.8. The highest BCUT2D eigenvalue weighted by molar-refractivity contribution is 6.32. The number of halogens is 1. The number of benzene rings is 2. The van der Waals surface area contributed by atoms with Gasteiger partial charge in [0.25, 0.3) is 0 Å². The maximum Gasteiger partial charge on any atom is 0.226 e. The van der Waals surface area contributed by atoms with E-state index in [1.54, 1.807) is 12.1 Å². The summed E-state index contributed by atoms with van der Waals surface area (Å²) in [7, 11) is 0. The Hall–Kier alpha value is -2.44. The molecule has 32 heavy (non-hydrogen) atoms. The van der Waals surface area contributed by atoms with Crippen LogP contribution in [0.5, 0.6) is 17.2 Å². The molecule has 2 aromatic carbocycles. The number of carbonyl (C=O) groups excluding carboxylic acids is 1. The minimum absolute atomic E-state index is 0.0883. The first-order valence-corrected chi connectivity index (χ1v) is 11.6. The van der Waals surface area contributed by atoms with Gasteiger partial charge in [0, 0.05) is 38.5 Å². The Morgan fingerprint density at radius 2 is 1.94 bits per heavy atom. The second-order valence-corrected chi connectivity index (χ2v) is 9.18. The molecule has 0 spiro atoms. The van der Waals surface area contributed by atoms with Crippen molar-refractivity contribution in [1.29, 1.82) is 0 Å². The van der Waals surface area contributed by atoms with Crippen LogP contribution in [0.1, 0.15) is 38.3 Å². The van der Waals surface area contributed by atoms with E-state index in [9.17, 15) is 9.90 Å². The number of hydrogen-bond donors (Lipinski definition) is 2. The topological polar surface area (TPSA) is 71.0 Å². The van der Waals surface area contributed by atoms with Crippen molar-refractivity contribution in [3.05, 3.63) is 52.5 Å². The van der Waals surface area contributed by atoms with E-state index in [0.717, 1.165) is 17.5 Å². The van der Waals surface area contributed by atoms with Crippen LogP contribution in [0, 0.1) is 11.8 Å². The summed E-state index contributed by atoms with van der Waals surface area (Å²) >= 11 is 6.45. The second kappa shape index (κ2) is 11.4. The van der Waals surface area contributed by atoms with Crippen molar-refractivity contribution in [3.8, 4) is 17.2 Å². The normalized spacial score (nSPS) is 14.2. The van der Waals surface area contributed by atoms with Crippen molar-refractivity contribution in [2.75, 3.05) is 26.3 Å². The van der Waals surface area contributed by atoms with Gasteiger partial charge in [0.1, 0.15) is 5.75 Å². The van der Waals surface area contributed by atoms with Crippen molar-refractivity contribution in [2.45, 2.75) is 40.3 Å². The molecule has 1 aliphatic rings. The standard InChI is InChI=1S/C25H33ClN2O4/c1-17(2)15-28(16-20-11-22(26)24-23(12-20)31-8-5-9-32-24)25(30)18(3)13-27-14-19-6-4-7-21(29)10-19/h4,6-7,10-12,17-18,27,29H,5,8-9,13-16H2,1-3H3/t18-/m1/s1. The van der Waals surface area contributed by atoms with Crippen molar-refractivity contribution < 1.29 is 19.4 Å². The monoisotopic (exact) mass is 460 g/mol. The summed E-state index contributed by atoms with van der Waals surface area (Å²) in [5.74, 6) is 1.70. The largest absolute Gasteiger partial charge is 0.508 e. The molecule has 0 fully saturated rings. The van der Waals surface area contributed by atoms with Crippen molar-refractivity contribution in [1.82, 2.24) is 10.2 Å². The molecule has 1 aliphatic heterocycles. The summed E-state index contributed by atoms with van der Waals surface area (Å²) < 4.78 is 11.5. The Morgan fingerprint density at radius 1 is 1.16 bits per heavy atom. The van der Waals surface area contributed by atoms with Crippen molar-refractivity contribution >= 4 is 17.5 Å². The Balaban J connectivity index is 1.65. The van der Waals surface area contributed by atoms with Crippen molar-refractivity contribution in [3.63, 3.8) is 0 Å². The lowest BCUT2D eigenvalue weighted by molar-refractivity contribution is -0.136. The molecule has 0 bridgehead atoms. The third-order valence-corrected chi connectivity index (χ3v) is 5.53. The summed E-state index contributed by atoms with van der Waals surface area (Å²) in [5.41, 5.74) is 1.90. The second-order valence-electron chi connectivity index (χ2n) is 8.77. The van der Waals surface area contributed by atoms with Gasteiger partial charge in [0.15, 0.2) is 11.5 Å². The van der Waals surface area contributed by atoms with Gasteiger partial charge >= 0.3 is 0 Å². The Kier molecular flexibility index (Phi) is 8.65. The number of nitrogens with one attached hydrogen (secondary N) is 1. The number of phenolic OH excluding ortho intramolecular Hbond substituents is 1. The summed E-state index contributed by atoms with van der Waals surface area (Å²) in [6.45, 7) is 9.57. The van der Waals surface area contributed by atoms with E-state index in [-0.39, 0.29) is 17.6 Å². The van der Waals surface area contributed by atoms with Gasteiger partial charge in [-0.25, -0.2) is 0 Å². The molecule has 6 nitrogen and oxygen atoms in total. The molecule has 0 unspecified atom stereocenters. The molecule has 1 heterocycles. The molecule has 0 saturated carbocycles. The maximum absolute atomic E-state index is 13.3. The molecule has 0 radical (unpaired) electrons. The zero-order chi connectivity index (χ0) is 23.1. The molecule has 2 N–H and O–H groups in total. The van der Waals surface area contributed by atoms with Gasteiger partial charge in [-0.2, -0.15) is 0 Å². The SMILES string of the molecule is CC(C)CN(Cc1cc(Cl)c2c(c1)OCCCO2)C(=O)[C@H](C)CNCc1cccc(O)c1. The van der Waals surface area contributed by atoms with E-state index in [1.165, 1.54) is 0 Å². The van der Waals surface area contributed by atoms with Crippen LogP contribution in [0.15, 0.2) is 36.4 Å². The Labute approximate surface area is 195 Å². The molecular weight excluding hydrogens is 428 g/mol. The number of phenols is 1. The third kappa shape index (κ3) is 6.78. The molecule has 174 valence electrons. The molecular formula is C25H33ClN2O4. The van der Waals surface area contributed by atoms with E-state index in [1.807, 2.05) is 36.1 Å². The number of fused-ring (bicyclic) bond motifs is 1. The number of nitrogens with zero attached hydrogens (tertiary/aromatic N) is 1. The lowest BCUT2D eigenvalue weighted by Gasteiger charge is -2.28. The quantitative estimate of drug-likeness (QED) is 0.571. The predicted octanol–water partition coefficient (Wildman–Crippen LogP) is 4.62. The molecule has 0 aromatic heterocycles. The van der Waals surface area contributed by atoms with Crippen LogP contribution in [-0.2, 0) is 17.9 Å². The van der Waals surface area contributed by atoms with Crippen LogP contribution in [0.4, 0.5) is 0 Å². The van der Waals surface area contributed by atoms with Crippen LogP contribution in [0.3, 0.4) is 0 Å². The lowest BCUT2D eigenvalue weighted by Crippen LogP contribution is -2.40. The first kappa shape index (κ1) is 24.2. The fourth-order valence-electron chi connectivity index (χ4n) is 3.77. The van der Waals surface area contributed by atoms with Gasteiger partial charge in [0.05, 0.1) is 18.2 Å². The summed E-state index contributed by atoms with van der Waals surface area (Å²) in [6, 6.07) is 10.9. The molecule has 1 atom stereocenters. The first-order valence-electron chi connectivity index (χ1n) is 11.2. The molecule has 0 saturated heterocycles. The first-order chi connectivity index (χ1) is 15.3. The fourth-order valence-corrected chi connectivity index (χ4v) is 4.06. The highest BCUT2D eigenvalue weighted by Gasteiger charge is 2.23. The molecule has 3 rings (SSSR count). The summed E-state index contributed by atoms with van der Waals surface area (Å²) in [5, 5.41) is 13.4. The van der Waals surface area contributed by atoms with Gasteiger partial charge in [-0.15, -0.1) is 0 Å². The van der Waals surface area contributed by atoms with Crippen LogP contribution in [-0.4, -0.2) is 42.2 Å². The van der Waals surface area contributed by atoms with E-state index in [0.29, 0.717) is 61.8 Å². The van der Waals surface area contributed by atoms with Crippen LogP contribution < -0.4 is 14.8 Å². The van der Waals surface area contributed by atoms with E-state index < -0.39 is 0 Å². The smallest absolute Gasteiger partial charge is 0.226 e. The minimum Gasteiger partial charge on any atom is -0.508 e. The number of amides is 1. The number of carbonyl (C=O) groups is 1. The average Bonchev–Trinajstić information content (AvgIpc) is 2.98. The number of hydrogen-bond acceptors (Lipinski definition) is 5. The van der Waals surface area contributed by atoms with Gasteiger partial charge in [-0.3, -0.25) is 4.79 Å². The Bertz CT molecular complexity index is 919. The maximum atomic E-state index is 13.3. The summed E-state index contributed by atoms with van der Waals surface area (Å²) in [6.07, 6.45) is 0.811. The molecule has 1 amide bonds. The number of rotatable bonds is 9. The average molecular weight is 461 g/mol. The third-order valence-electron chi connectivity index (χ3n) is 5.24. The van der Waals surface area contributed by atoms with Gasteiger partial charge < -0.3 is 24.8 Å². The highest BCUT2D eigenvalue weighted by Crippen LogP contribution is 2.38. The molecule has 2 aromatic rings. The van der Waals surface area contributed by atoms with Crippen LogP contribution in [0.2, 0.25) is 5.02 Å². The van der Waals surface area contributed by atoms with Crippen LogP contribution in [0.25, 0.3) is 0 Å². The highest BCUT2D eigenvalue weighted by atomic mass is 35.5. The zero-order valence-electron chi connectivity index (χ0n) is 19.1. The predicted molar refractivity (Wildman–Crippen MR) is 126 cm³/mol. The molecule has 7 heteroatoms. The fraction of sp³-hybridized carbons (Fsp3) is 0.480. The van der Waals surface area contributed by atoms with Crippen LogP contribution >= 0.6 is 11.6 Å². The number of ether oxygens (including phenoxy) is 2. The van der Waals surface area contributed by atoms with Gasteiger partial charge in [0.2, 0.25) is 5.91 Å². The lowest BCUT2D eigenvalue weighted by atomic mass is 10.1.